The number of piperazine rings is 1. The van der Waals surface area contributed by atoms with Crippen molar-refractivity contribution < 1.29 is 9.21 Å². The maximum atomic E-state index is 12.4. The number of hydrogen-bond acceptors (Lipinski definition) is 5. The normalized spacial score (nSPS) is 15.2. The van der Waals surface area contributed by atoms with Crippen LogP contribution in [-0.2, 0) is 6.42 Å². The fourth-order valence-electron chi connectivity index (χ4n) is 2.39. The molecular formula is C15H17ClN4O2. The Morgan fingerprint density at radius 1 is 1.18 bits per heavy atom. The van der Waals surface area contributed by atoms with Gasteiger partial charge >= 0.3 is 6.01 Å². The highest BCUT2D eigenvalue weighted by Gasteiger charge is 2.24. The van der Waals surface area contributed by atoms with Crippen LogP contribution in [0.5, 0.6) is 0 Å². The molecular weight excluding hydrogens is 304 g/mol. The average Bonchev–Trinajstić information content (AvgIpc) is 3.04. The Labute approximate surface area is 133 Å². The lowest BCUT2D eigenvalue weighted by Gasteiger charge is -2.33. The zero-order valence-electron chi connectivity index (χ0n) is 12.3. The van der Waals surface area contributed by atoms with Crippen molar-refractivity contribution in [3.63, 3.8) is 0 Å². The summed E-state index contributed by atoms with van der Waals surface area (Å²) in [6.45, 7) is 4.60. The molecule has 0 spiro atoms. The monoisotopic (exact) mass is 320 g/mol. The molecule has 1 saturated heterocycles. The van der Waals surface area contributed by atoms with Crippen molar-refractivity contribution >= 4 is 23.5 Å². The van der Waals surface area contributed by atoms with Crippen molar-refractivity contribution in [3.05, 3.63) is 40.7 Å². The second-order valence-electron chi connectivity index (χ2n) is 5.12. The standard InChI is InChI=1S/C15H17ClN4O2/c1-2-13-17-18-15(22-13)20-9-7-19(8-10-20)14(21)11-3-5-12(16)6-4-11/h3-6H,2,7-10H2,1H3. The van der Waals surface area contributed by atoms with Gasteiger partial charge in [-0.15, -0.1) is 5.10 Å². The number of anilines is 1. The number of carbonyl (C=O) groups excluding carboxylic acids is 1. The third kappa shape index (κ3) is 3.06. The van der Waals surface area contributed by atoms with Gasteiger partial charge in [-0.3, -0.25) is 4.79 Å². The topological polar surface area (TPSA) is 62.5 Å². The molecule has 1 fully saturated rings. The number of carbonyl (C=O) groups is 1. The molecule has 1 aliphatic rings. The Bertz CT molecular complexity index is 648. The molecule has 0 unspecified atom stereocenters. The molecule has 1 aromatic carbocycles. The third-order valence-electron chi connectivity index (χ3n) is 3.69. The van der Waals surface area contributed by atoms with Gasteiger partial charge in [-0.1, -0.05) is 23.6 Å². The average molecular weight is 321 g/mol. The maximum absolute atomic E-state index is 12.4. The second kappa shape index (κ2) is 6.36. The highest BCUT2D eigenvalue weighted by atomic mass is 35.5. The Balaban J connectivity index is 1.61. The predicted octanol–water partition coefficient (Wildman–Crippen LogP) is 2.25. The first-order chi connectivity index (χ1) is 10.7. The molecule has 1 aromatic heterocycles. The molecule has 116 valence electrons. The summed E-state index contributed by atoms with van der Waals surface area (Å²) >= 11 is 5.85. The number of amides is 1. The summed E-state index contributed by atoms with van der Waals surface area (Å²) < 4.78 is 5.55. The highest BCUT2D eigenvalue weighted by molar-refractivity contribution is 6.30. The first-order valence-electron chi connectivity index (χ1n) is 7.29. The number of benzene rings is 1. The zero-order valence-corrected chi connectivity index (χ0v) is 13.1. The number of aryl methyl sites for hydroxylation is 1. The summed E-state index contributed by atoms with van der Waals surface area (Å²) in [6, 6.07) is 7.51. The minimum Gasteiger partial charge on any atom is -0.408 e. The predicted molar refractivity (Wildman–Crippen MR) is 83.2 cm³/mol. The molecule has 0 saturated carbocycles. The lowest BCUT2D eigenvalue weighted by Crippen LogP contribution is -2.48. The second-order valence-corrected chi connectivity index (χ2v) is 5.55. The van der Waals surface area contributed by atoms with E-state index in [9.17, 15) is 4.79 Å². The fourth-order valence-corrected chi connectivity index (χ4v) is 2.52. The smallest absolute Gasteiger partial charge is 0.318 e. The summed E-state index contributed by atoms with van der Waals surface area (Å²) in [6.07, 6.45) is 0.724. The van der Waals surface area contributed by atoms with Crippen molar-refractivity contribution in [3.8, 4) is 0 Å². The van der Waals surface area contributed by atoms with E-state index in [0.29, 0.717) is 48.7 Å². The Morgan fingerprint density at radius 2 is 1.86 bits per heavy atom. The van der Waals surface area contributed by atoms with E-state index < -0.39 is 0 Å². The van der Waals surface area contributed by atoms with Crippen LogP contribution in [0.2, 0.25) is 5.02 Å². The van der Waals surface area contributed by atoms with Gasteiger partial charge in [0.25, 0.3) is 5.91 Å². The summed E-state index contributed by atoms with van der Waals surface area (Å²) in [5.41, 5.74) is 0.656. The van der Waals surface area contributed by atoms with Crippen LogP contribution in [-0.4, -0.2) is 47.2 Å². The lowest BCUT2D eigenvalue weighted by molar-refractivity contribution is 0.0745. The van der Waals surface area contributed by atoms with Crippen molar-refractivity contribution in [1.82, 2.24) is 15.1 Å². The summed E-state index contributed by atoms with van der Waals surface area (Å²) in [7, 11) is 0. The van der Waals surface area contributed by atoms with Crippen LogP contribution in [0.25, 0.3) is 0 Å². The van der Waals surface area contributed by atoms with Crippen molar-refractivity contribution in [2.75, 3.05) is 31.1 Å². The largest absolute Gasteiger partial charge is 0.408 e. The number of nitrogens with zero attached hydrogens (tertiary/aromatic N) is 4. The molecule has 1 aliphatic heterocycles. The van der Waals surface area contributed by atoms with Crippen LogP contribution in [0.1, 0.15) is 23.2 Å². The van der Waals surface area contributed by atoms with Gasteiger partial charge in [-0.05, 0) is 24.3 Å². The van der Waals surface area contributed by atoms with Gasteiger partial charge in [0.2, 0.25) is 5.89 Å². The third-order valence-corrected chi connectivity index (χ3v) is 3.94. The van der Waals surface area contributed by atoms with E-state index in [4.69, 9.17) is 16.0 Å². The lowest BCUT2D eigenvalue weighted by atomic mass is 10.2. The zero-order chi connectivity index (χ0) is 15.5. The minimum atomic E-state index is 0.0242. The van der Waals surface area contributed by atoms with Gasteiger partial charge in [-0.25, -0.2) is 0 Å². The van der Waals surface area contributed by atoms with Crippen LogP contribution in [0.4, 0.5) is 6.01 Å². The summed E-state index contributed by atoms with van der Waals surface area (Å²) in [5.74, 6) is 0.658. The van der Waals surface area contributed by atoms with Gasteiger partial charge in [0.1, 0.15) is 0 Å². The first-order valence-corrected chi connectivity index (χ1v) is 7.67. The number of rotatable bonds is 3. The SMILES string of the molecule is CCc1nnc(N2CCN(C(=O)c3ccc(Cl)cc3)CC2)o1. The van der Waals surface area contributed by atoms with Gasteiger partial charge in [0, 0.05) is 43.2 Å². The van der Waals surface area contributed by atoms with Crippen molar-refractivity contribution in [2.45, 2.75) is 13.3 Å². The van der Waals surface area contributed by atoms with E-state index in [1.54, 1.807) is 24.3 Å². The van der Waals surface area contributed by atoms with E-state index in [2.05, 4.69) is 10.2 Å². The van der Waals surface area contributed by atoms with Crippen LogP contribution in [0, 0.1) is 0 Å². The Morgan fingerprint density at radius 3 is 2.45 bits per heavy atom. The molecule has 0 bridgehead atoms. The van der Waals surface area contributed by atoms with E-state index >= 15 is 0 Å². The van der Waals surface area contributed by atoms with Gasteiger partial charge in [0.05, 0.1) is 0 Å². The molecule has 0 radical (unpaired) electrons. The summed E-state index contributed by atoms with van der Waals surface area (Å²) in [4.78, 5) is 16.3. The van der Waals surface area contributed by atoms with E-state index in [0.717, 1.165) is 6.42 Å². The summed E-state index contributed by atoms with van der Waals surface area (Å²) in [5, 5.41) is 8.64. The van der Waals surface area contributed by atoms with Crippen LogP contribution >= 0.6 is 11.6 Å². The van der Waals surface area contributed by atoms with Gasteiger partial charge in [-0.2, -0.15) is 0 Å². The van der Waals surface area contributed by atoms with E-state index in [1.807, 2.05) is 16.7 Å². The highest BCUT2D eigenvalue weighted by Crippen LogP contribution is 2.17. The molecule has 0 N–H and O–H groups in total. The molecule has 0 aliphatic carbocycles. The molecule has 2 aromatic rings. The van der Waals surface area contributed by atoms with Crippen LogP contribution in [0.3, 0.4) is 0 Å². The van der Waals surface area contributed by atoms with E-state index in [-0.39, 0.29) is 5.91 Å². The molecule has 6 nitrogen and oxygen atoms in total. The quantitative estimate of drug-likeness (QED) is 0.868. The molecule has 3 rings (SSSR count). The Hall–Kier alpha value is -2.08. The maximum Gasteiger partial charge on any atom is 0.318 e. The molecule has 22 heavy (non-hydrogen) atoms. The van der Waals surface area contributed by atoms with E-state index in [1.165, 1.54) is 0 Å². The first kappa shape index (κ1) is 14.8. The van der Waals surface area contributed by atoms with Gasteiger partial charge < -0.3 is 14.2 Å². The van der Waals surface area contributed by atoms with Crippen LogP contribution < -0.4 is 4.90 Å². The molecule has 2 heterocycles. The van der Waals surface area contributed by atoms with Crippen molar-refractivity contribution in [1.29, 1.82) is 0 Å². The Kier molecular flexibility index (Phi) is 4.29. The van der Waals surface area contributed by atoms with Crippen LogP contribution in [0.15, 0.2) is 28.7 Å². The number of aromatic nitrogens is 2. The number of hydrogen-bond donors (Lipinski definition) is 0. The molecule has 7 heteroatoms. The van der Waals surface area contributed by atoms with Gasteiger partial charge in [0.15, 0.2) is 0 Å². The fraction of sp³-hybridized carbons (Fsp3) is 0.400. The minimum absolute atomic E-state index is 0.0242. The molecule has 0 atom stereocenters. The van der Waals surface area contributed by atoms with Crippen molar-refractivity contribution in [2.24, 2.45) is 0 Å². The molecule has 1 amide bonds. The number of halogens is 1.